The molecule has 1 saturated heterocycles. The number of rotatable bonds is 3. The van der Waals surface area contributed by atoms with E-state index < -0.39 is 12.2 Å². The SMILES string of the molecule is OCC(O)C(O)C1CSCS1. The van der Waals surface area contributed by atoms with Crippen LogP contribution in [0.3, 0.4) is 0 Å². The van der Waals surface area contributed by atoms with Gasteiger partial charge in [-0.2, -0.15) is 0 Å². The monoisotopic (exact) mass is 196 g/mol. The molecule has 0 bridgehead atoms. The molecule has 0 radical (unpaired) electrons. The Morgan fingerprint density at radius 1 is 1.45 bits per heavy atom. The fraction of sp³-hybridized carbons (Fsp3) is 1.00. The van der Waals surface area contributed by atoms with Gasteiger partial charge in [0.1, 0.15) is 6.10 Å². The Labute approximate surface area is 74.2 Å². The van der Waals surface area contributed by atoms with Crippen LogP contribution in [0.15, 0.2) is 0 Å². The number of aliphatic hydroxyl groups is 3. The number of hydrogen-bond acceptors (Lipinski definition) is 5. The predicted octanol–water partition coefficient (Wildman–Crippen LogP) is -0.493. The molecule has 0 amide bonds. The zero-order valence-corrected chi connectivity index (χ0v) is 7.64. The molecule has 5 heteroatoms. The van der Waals surface area contributed by atoms with Crippen LogP contribution in [0, 0.1) is 0 Å². The fourth-order valence-corrected chi connectivity index (χ4v) is 3.85. The van der Waals surface area contributed by atoms with Crippen LogP contribution < -0.4 is 0 Å². The summed E-state index contributed by atoms with van der Waals surface area (Å²) in [7, 11) is 0. The first-order valence-corrected chi connectivity index (χ1v) is 5.62. The van der Waals surface area contributed by atoms with Crippen LogP contribution in [0.4, 0.5) is 0 Å². The van der Waals surface area contributed by atoms with Gasteiger partial charge in [-0.15, -0.1) is 23.5 Å². The second-order valence-electron chi connectivity index (χ2n) is 2.43. The first kappa shape index (κ1) is 9.67. The van der Waals surface area contributed by atoms with E-state index in [1.807, 2.05) is 0 Å². The Hall–Kier alpha value is 0.580. The maximum atomic E-state index is 9.37. The van der Waals surface area contributed by atoms with Crippen molar-refractivity contribution in [2.24, 2.45) is 0 Å². The van der Waals surface area contributed by atoms with Crippen LogP contribution in [-0.4, -0.2) is 50.2 Å². The van der Waals surface area contributed by atoms with Crippen LogP contribution in [0.2, 0.25) is 0 Å². The van der Waals surface area contributed by atoms with Crippen molar-refractivity contribution in [3.05, 3.63) is 0 Å². The van der Waals surface area contributed by atoms with Crippen molar-refractivity contribution in [1.29, 1.82) is 0 Å². The lowest BCUT2D eigenvalue weighted by Gasteiger charge is -2.20. The first-order chi connectivity index (χ1) is 5.25. The van der Waals surface area contributed by atoms with Crippen LogP contribution in [0.1, 0.15) is 0 Å². The molecule has 3 N–H and O–H groups in total. The van der Waals surface area contributed by atoms with Gasteiger partial charge in [0.05, 0.1) is 12.7 Å². The topological polar surface area (TPSA) is 60.7 Å². The van der Waals surface area contributed by atoms with Gasteiger partial charge in [-0.3, -0.25) is 0 Å². The molecule has 66 valence electrons. The molecule has 0 aliphatic carbocycles. The number of aliphatic hydroxyl groups excluding tert-OH is 3. The third-order valence-electron chi connectivity index (χ3n) is 1.61. The maximum Gasteiger partial charge on any atom is 0.104 e. The summed E-state index contributed by atoms with van der Waals surface area (Å²) in [5.74, 6) is 0.864. The summed E-state index contributed by atoms with van der Waals surface area (Å²) in [5.41, 5.74) is 0. The van der Waals surface area contributed by atoms with E-state index in [1.54, 1.807) is 23.5 Å². The van der Waals surface area contributed by atoms with Gasteiger partial charge in [0.2, 0.25) is 0 Å². The second kappa shape index (κ2) is 4.57. The van der Waals surface area contributed by atoms with Crippen molar-refractivity contribution >= 4 is 23.5 Å². The minimum atomic E-state index is -0.980. The average Bonchev–Trinajstić information content (AvgIpc) is 2.53. The molecular weight excluding hydrogens is 184 g/mol. The van der Waals surface area contributed by atoms with Gasteiger partial charge >= 0.3 is 0 Å². The van der Waals surface area contributed by atoms with Gasteiger partial charge in [-0.25, -0.2) is 0 Å². The lowest BCUT2D eigenvalue weighted by molar-refractivity contribution is -0.0116. The van der Waals surface area contributed by atoms with Gasteiger partial charge in [0.25, 0.3) is 0 Å². The van der Waals surface area contributed by atoms with E-state index in [1.165, 1.54) is 0 Å². The smallest absolute Gasteiger partial charge is 0.104 e. The van der Waals surface area contributed by atoms with Crippen molar-refractivity contribution in [3.63, 3.8) is 0 Å². The third-order valence-corrected chi connectivity index (χ3v) is 4.50. The van der Waals surface area contributed by atoms with E-state index in [0.717, 1.165) is 10.8 Å². The molecular formula is C6H12O3S2. The van der Waals surface area contributed by atoms with Crippen molar-refractivity contribution in [2.45, 2.75) is 17.5 Å². The molecule has 1 aliphatic heterocycles. The Bertz CT molecular complexity index is 116. The van der Waals surface area contributed by atoms with Crippen molar-refractivity contribution < 1.29 is 15.3 Å². The molecule has 0 aromatic carbocycles. The van der Waals surface area contributed by atoms with Crippen molar-refractivity contribution in [2.75, 3.05) is 17.4 Å². The zero-order valence-electron chi connectivity index (χ0n) is 6.01. The van der Waals surface area contributed by atoms with Crippen molar-refractivity contribution in [3.8, 4) is 0 Å². The predicted molar refractivity (Wildman–Crippen MR) is 47.8 cm³/mol. The summed E-state index contributed by atoms with van der Waals surface area (Å²) in [5, 5.41) is 28.0. The van der Waals surface area contributed by atoms with Gasteiger partial charge in [0, 0.05) is 16.1 Å². The minimum absolute atomic E-state index is 0.0853. The molecule has 1 heterocycles. The van der Waals surface area contributed by atoms with Gasteiger partial charge in [0.15, 0.2) is 0 Å². The van der Waals surface area contributed by atoms with E-state index in [9.17, 15) is 5.11 Å². The van der Waals surface area contributed by atoms with Crippen LogP contribution in [0.25, 0.3) is 0 Å². The highest BCUT2D eigenvalue weighted by molar-refractivity contribution is 8.19. The maximum absolute atomic E-state index is 9.37. The summed E-state index contributed by atoms with van der Waals surface area (Å²) < 4.78 is 0. The summed E-state index contributed by atoms with van der Waals surface area (Å²) in [6, 6.07) is 0. The molecule has 1 aliphatic rings. The van der Waals surface area contributed by atoms with Gasteiger partial charge < -0.3 is 15.3 Å². The Morgan fingerprint density at radius 3 is 2.64 bits per heavy atom. The van der Waals surface area contributed by atoms with E-state index in [0.29, 0.717) is 0 Å². The molecule has 0 aromatic rings. The Kier molecular flexibility index (Phi) is 4.01. The highest BCUT2D eigenvalue weighted by Gasteiger charge is 2.29. The molecule has 3 unspecified atom stereocenters. The standard InChI is InChI=1S/C6H12O3S2/c7-1-4(8)6(9)5-2-10-3-11-5/h4-9H,1-3H2. The van der Waals surface area contributed by atoms with Crippen molar-refractivity contribution in [1.82, 2.24) is 0 Å². The zero-order chi connectivity index (χ0) is 8.27. The summed E-state index contributed by atoms with van der Waals surface area (Å²) in [6.45, 7) is -0.358. The molecule has 3 nitrogen and oxygen atoms in total. The highest BCUT2D eigenvalue weighted by atomic mass is 32.2. The Balaban J connectivity index is 2.32. The molecule has 11 heavy (non-hydrogen) atoms. The number of hydrogen-bond donors (Lipinski definition) is 3. The van der Waals surface area contributed by atoms with E-state index in [4.69, 9.17) is 10.2 Å². The van der Waals surface area contributed by atoms with E-state index in [2.05, 4.69) is 0 Å². The first-order valence-electron chi connectivity index (χ1n) is 3.42. The largest absolute Gasteiger partial charge is 0.394 e. The molecule has 1 rings (SSSR count). The normalized spacial score (nSPS) is 30.3. The van der Waals surface area contributed by atoms with E-state index >= 15 is 0 Å². The lowest BCUT2D eigenvalue weighted by atomic mass is 10.1. The number of thioether (sulfide) groups is 2. The second-order valence-corrected chi connectivity index (χ2v) is 5.06. The van der Waals surface area contributed by atoms with E-state index in [-0.39, 0.29) is 11.9 Å². The van der Waals surface area contributed by atoms with Crippen LogP contribution in [0.5, 0.6) is 0 Å². The fourth-order valence-electron chi connectivity index (χ4n) is 0.901. The average molecular weight is 196 g/mol. The summed E-state index contributed by atoms with van der Waals surface area (Å²) >= 11 is 3.38. The van der Waals surface area contributed by atoms with Crippen LogP contribution in [-0.2, 0) is 0 Å². The summed E-state index contributed by atoms with van der Waals surface area (Å²) in [6.07, 6.45) is -1.76. The molecule has 0 saturated carbocycles. The van der Waals surface area contributed by atoms with Gasteiger partial charge in [-0.05, 0) is 0 Å². The summed E-state index contributed by atoms with van der Waals surface area (Å²) in [4.78, 5) is 0. The third kappa shape index (κ3) is 2.52. The van der Waals surface area contributed by atoms with Gasteiger partial charge in [-0.1, -0.05) is 0 Å². The lowest BCUT2D eigenvalue weighted by Crippen LogP contribution is -2.37. The molecule has 0 spiro atoms. The Morgan fingerprint density at radius 2 is 2.18 bits per heavy atom. The van der Waals surface area contributed by atoms with Crippen LogP contribution >= 0.6 is 23.5 Å². The quantitative estimate of drug-likeness (QED) is 0.568. The molecule has 1 fully saturated rings. The highest BCUT2D eigenvalue weighted by Crippen LogP contribution is 2.32. The molecule has 3 atom stereocenters. The minimum Gasteiger partial charge on any atom is -0.394 e. The molecule has 0 aromatic heterocycles.